The average Bonchev–Trinajstić information content (AvgIpc) is 2.70. The van der Waals surface area contributed by atoms with E-state index in [1.54, 1.807) is 18.3 Å². The van der Waals surface area contributed by atoms with E-state index in [1.807, 2.05) is 17.8 Å². The number of rotatable bonds is 4. The van der Waals surface area contributed by atoms with Crippen LogP contribution in [0, 0.1) is 5.82 Å². The van der Waals surface area contributed by atoms with Crippen LogP contribution < -0.4 is 4.74 Å². The van der Waals surface area contributed by atoms with Gasteiger partial charge in [-0.25, -0.2) is 9.37 Å². The molecule has 0 amide bonds. The van der Waals surface area contributed by atoms with Crippen LogP contribution in [-0.4, -0.2) is 16.2 Å². The summed E-state index contributed by atoms with van der Waals surface area (Å²) in [6, 6.07) is 4.72. The maximum absolute atomic E-state index is 13.2. The first kappa shape index (κ1) is 12.1. The topological polar surface area (TPSA) is 27.1 Å². The molecule has 0 saturated carbocycles. The molecule has 3 nitrogen and oxygen atoms in total. The number of imidazole rings is 1. The smallest absolute Gasteiger partial charge is 0.141 e. The van der Waals surface area contributed by atoms with Crippen molar-refractivity contribution in [1.82, 2.24) is 9.55 Å². The van der Waals surface area contributed by atoms with E-state index in [0.29, 0.717) is 23.2 Å². The van der Waals surface area contributed by atoms with Crippen molar-refractivity contribution in [3.8, 4) is 5.75 Å². The molecule has 2 rings (SSSR count). The molecule has 1 aromatic heterocycles. The van der Waals surface area contributed by atoms with Crippen LogP contribution in [0.2, 0.25) is 0 Å². The molecule has 0 bridgehead atoms. The summed E-state index contributed by atoms with van der Waals surface area (Å²) in [5.41, 5.74) is 0. The van der Waals surface area contributed by atoms with Crippen molar-refractivity contribution in [2.75, 3.05) is 6.61 Å². The zero-order valence-corrected chi connectivity index (χ0v) is 10.9. The molecule has 0 aliphatic heterocycles. The summed E-state index contributed by atoms with van der Waals surface area (Å²) in [6.07, 6.45) is 4.32. The van der Waals surface area contributed by atoms with Crippen LogP contribution in [0.5, 0.6) is 5.75 Å². The van der Waals surface area contributed by atoms with Crippen LogP contribution in [0.4, 0.5) is 4.39 Å². The second-order valence-corrected chi connectivity index (χ2v) is 4.48. The van der Waals surface area contributed by atoms with E-state index >= 15 is 0 Å². The molecule has 2 aromatic rings. The molecule has 0 unspecified atom stereocenters. The van der Waals surface area contributed by atoms with Gasteiger partial charge in [-0.15, -0.1) is 0 Å². The highest BCUT2D eigenvalue weighted by Gasteiger charge is 2.03. The molecular formula is C12H12BrFN2O. The standard InChI is InChI=1S/C12H12BrFN2O/c1-16-6-5-15-12(16)4-7-17-9-2-3-10(13)11(14)8-9/h2-3,5-6,8H,4,7H2,1H3. The number of hydrogen-bond donors (Lipinski definition) is 0. The molecule has 0 aliphatic rings. The zero-order chi connectivity index (χ0) is 12.3. The summed E-state index contributed by atoms with van der Waals surface area (Å²) in [4.78, 5) is 4.18. The lowest BCUT2D eigenvalue weighted by Gasteiger charge is -2.06. The van der Waals surface area contributed by atoms with Gasteiger partial charge in [-0.05, 0) is 28.1 Å². The van der Waals surface area contributed by atoms with Gasteiger partial charge in [0.15, 0.2) is 0 Å². The Hall–Kier alpha value is -1.36. The fraction of sp³-hybridized carbons (Fsp3) is 0.250. The fourth-order valence-electron chi connectivity index (χ4n) is 1.46. The molecule has 17 heavy (non-hydrogen) atoms. The van der Waals surface area contributed by atoms with Crippen molar-refractivity contribution < 1.29 is 9.13 Å². The minimum Gasteiger partial charge on any atom is -0.493 e. The lowest BCUT2D eigenvalue weighted by atomic mass is 10.3. The minimum atomic E-state index is -0.320. The summed E-state index contributed by atoms with van der Waals surface area (Å²) >= 11 is 3.09. The number of benzene rings is 1. The molecular weight excluding hydrogens is 287 g/mol. The Balaban J connectivity index is 1.90. The van der Waals surface area contributed by atoms with E-state index in [0.717, 1.165) is 5.82 Å². The number of halogens is 2. The summed E-state index contributed by atoms with van der Waals surface area (Å²) in [5, 5.41) is 0. The molecule has 5 heteroatoms. The van der Waals surface area contributed by atoms with Gasteiger partial charge in [0, 0.05) is 31.9 Å². The summed E-state index contributed by atoms with van der Waals surface area (Å²) in [7, 11) is 1.93. The lowest BCUT2D eigenvalue weighted by molar-refractivity contribution is 0.316. The number of aryl methyl sites for hydroxylation is 1. The third kappa shape index (κ3) is 3.06. The highest BCUT2D eigenvalue weighted by molar-refractivity contribution is 9.10. The molecule has 90 valence electrons. The Labute approximate surface area is 107 Å². The van der Waals surface area contributed by atoms with Crippen LogP contribution in [0.3, 0.4) is 0 Å². The van der Waals surface area contributed by atoms with Crippen LogP contribution >= 0.6 is 15.9 Å². The number of nitrogens with zero attached hydrogens (tertiary/aromatic N) is 2. The quantitative estimate of drug-likeness (QED) is 0.868. The van der Waals surface area contributed by atoms with Crippen LogP contribution in [0.15, 0.2) is 35.1 Å². The fourth-order valence-corrected chi connectivity index (χ4v) is 1.71. The van der Waals surface area contributed by atoms with Crippen molar-refractivity contribution in [3.63, 3.8) is 0 Å². The van der Waals surface area contributed by atoms with E-state index in [2.05, 4.69) is 20.9 Å². The molecule has 0 saturated heterocycles. The van der Waals surface area contributed by atoms with Gasteiger partial charge in [0.25, 0.3) is 0 Å². The van der Waals surface area contributed by atoms with Gasteiger partial charge in [0.1, 0.15) is 17.4 Å². The molecule has 0 fully saturated rings. The third-order valence-electron chi connectivity index (χ3n) is 2.41. The lowest BCUT2D eigenvalue weighted by Crippen LogP contribution is -2.06. The Morgan fingerprint density at radius 3 is 2.94 bits per heavy atom. The van der Waals surface area contributed by atoms with Crippen molar-refractivity contribution in [3.05, 3.63) is 46.7 Å². The molecule has 1 heterocycles. The predicted octanol–water partition coefficient (Wildman–Crippen LogP) is 2.94. The van der Waals surface area contributed by atoms with E-state index in [9.17, 15) is 4.39 Å². The van der Waals surface area contributed by atoms with Gasteiger partial charge in [-0.2, -0.15) is 0 Å². The zero-order valence-electron chi connectivity index (χ0n) is 9.36. The molecule has 1 aromatic carbocycles. The summed E-state index contributed by atoms with van der Waals surface area (Å²) in [6.45, 7) is 0.478. The molecule has 0 radical (unpaired) electrons. The van der Waals surface area contributed by atoms with Crippen LogP contribution in [-0.2, 0) is 13.5 Å². The van der Waals surface area contributed by atoms with Gasteiger partial charge in [-0.1, -0.05) is 0 Å². The largest absolute Gasteiger partial charge is 0.493 e. The highest BCUT2D eigenvalue weighted by atomic mass is 79.9. The number of aromatic nitrogens is 2. The van der Waals surface area contributed by atoms with Gasteiger partial charge in [0.05, 0.1) is 11.1 Å². The first-order chi connectivity index (χ1) is 8.16. The summed E-state index contributed by atoms with van der Waals surface area (Å²) in [5.74, 6) is 1.15. The van der Waals surface area contributed by atoms with E-state index in [-0.39, 0.29) is 5.82 Å². The van der Waals surface area contributed by atoms with Crippen molar-refractivity contribution in [1.29, 1.82) is 0 Å². The second-order valence-electron chi connectivity index (χ2n) is 3.63. The predicted molar refractivity (Wildman–Crippen MR) is 66.5 cm³/mol. The minimum absolute atomic E-state index is 0.320. The number of ether oxygens (including phenoxy) is 1. The third-order valence-corrected chi connectivity index (χ3v) is 3.05. The Morgan fingerprint density at radius 1 is 1.47 bits per heavy atom. The molecule has 0 spiro atoms. The monoisotopic (exact) mass is 298 g/mol. The van der Waals surface area contributed by atoms with Crippen molar-refractivity contribution in [2.45, 2.75) is 6.42 Å². The van der Waals surface area contributed by atoms with Crippen LogP contribution in [0.1, 0.15) is 5.82 Å². The van der Waals surface area contributed by atoms with Crippen molar-refractivity contribution in [2.24, 2.45) is 7.05 Å². The Kier molecular flexibility index (Phi) is 3.78. The van der Waals surface area contributed by atoms with E-state index in [4.69, 9.17) is 4.74 Å². The first-order valence-electron chi connectivity index (χ1n) is 5.21. The van der Waals surface area contributed by atoms with Crippen molar-refractivity contribution >= 4 is 15.9 Å². The molecule has 0 N–H and O–H groups in total. The van der Waals surface area contributed by atoms with E-state index < -0.39 is 0 Å². The Bertz CT molecular complexity index is 513. The highest BCUT2D eigenvalue weighted by Crippen LogP contribution is 2.20. The summed E-state index contributed by atoms with van der Waals surface area (Å²) < 4.78 is 21.0. The van der Waals surface area contributed by atoms with Gasteiger partial charge in [0.2, 0.25) is 0 Å². The number of hydrogen-bond acceptors (Lipinski definition) is 2. The second kappa shape index (κ2) is 5.31. The SMILES string of the molecule is Cn1ccnc1CCOc1ccc(Br)c(F)c1. The maximum atomic E-state index is 13.2. The molecule has 0 aliphatic carbocycles. The first-order valence-corrected chi connectivity index (χ1v) is 6.00. The maximum Gasteiger partial charge on any atom is 0.141 e. The van der Waals surface area contributed by atoms with E-state index in [1.165, 1.54) is 6.07 Å². The molecule has 0 atom stereocenters. The Morgan fingerprint density at radius 2 is 2.29 bits per heavy atom. The van der Waals surface area contributed by atoms with Gasteiger partial charge < -0.3 is 9.30 Å². The van der Waals surface area contributed by atoms with Gasteiger partial charge >= 0.3 is 0 Å². The average molecular weight is 299 g/mol. The normalized spacial score (nSPS) is 10.5. The van der Waals surface area contributed by atoms with Gasteiger partial charge in [-0.3, -0.25) is 0 Å². The van der Waals surface area contributed by atoms with Crippen LogP contribution in [0.25, 0.3) is 0 Å².